The lowest BCUT2D eigenvalue weighted by molar-refractivity contribution is -0.142. The van der Waals surface area contributed by atoms with E-state index in [1.807, 2.05) is 18.2 Å². The van der Waals surface area contributed by atoms with Crippen LogP contribution in [0.5, 0.6) is 0 Å². The molecule has 3 heterocycles. The summed E-state index contributed by atoms with van der Waals surface area (Å²) in [5.41, 5.74) is 3.11. The number of rotatable bonds is 5. The van der Waals surface area contributed by atoms with E-state index in [1.54, 1.807) is 42.5 Å². The van der Waals surface area contributed by atoms with Crippen molar-refractivity contribution >= 4 is 11.8 Å². The Morgan fingerprint density at radius 1 is 0.969 bits per heavy atom. The van der Waals surface area contributed by atoms with Crippen molar-refractivity contribution in [2.75, 3.05) is 27.2 Å². The van der Waals surface area contributed by atoms with Crippen molar-refractivity contribution in [1.29, 1.82) is 0 Å². The lowest BCUT2D eigenvalue weighted by atomic mass is 9.72. The molecule has 0 atom stereocenters. The van der Waals surface area contributed by atoms with Crippen LogP contribution in [0.3, 0.4) is 0 Å². The van der Waals surface area contributed by atoms with E-state index in [1.165, 1.54) is 12.4 Å². The Morgan fingerprint density at radius 2 is 1.72 bits per heavy atom. The number of hydrogen-bond donors (Lipinski definition) is 0. The Hall–Kier alpha value is -3.61. The van der Waals surface area contributed by atoms with Crippen LogP contribution in [-0.4, -0.2) is 63.8 Å². The molecule has 1 saturated heterocycles. The van der Waals surface area contributed by atoms with E-state index in [0.717, 1.165) is 16.7 Å². The minimum Gasteiger partial charge on any atom is -0.348 e. The Balaban J connectivity index is 1.55. The van der Waals surface area contributed by atoms with Gasteiger partial charge in [0.1, 0.15) is 5.69 Å². The van der Waals surface area contributed by atoms with E-state index in [0.29, 0.717) is 38.0 Å². The van der Waals surface area contributed by atoms with Crippen molar-refractivity contribution in [2.45, 2.75) is 19.3 Å². The Labute approximate surface area is 188 Å². The molecule has 3 aromatic rings. The van der Waals surface area contributed by atoms with Crippen LogP contribution >= 0.6 is 0 Å². The van der Waals surface area contributed by atoms with Crippen LogP contribution in [-0.2, 0) is 11.2 Å². The van der Waals surface area contributed by atoms with E-state index >= 15 is 0 Å². The van der Waals surface area contributed by atoms with Gasteiger partial charge in [0.05, 0.1) is 11.6 Å². The van der Waals surface area contributed by atoms with Gasteiger partial charge in [-0.1, -0.05) is 24.3 Å². The maximum atomic E-state index is 13.3. The molecule has 1 aromatic carbocycles. The summed E-state index contributed by atoms with van der Waals surface area (Å²) < 4.78 is 0. The molecule has 1 fully saturated rings. The summed E-state index contributed by atoms with van der Waals surface area (Å²) in [6.07, 6.45) is 9.97. The SMILES string of the molecule is CN(C)C(=O)C1(Cc2cccc(-c3ccncc3)c2)CCN(C(=O)c2cnccn2)CC1. The predicted octanol–water partition coefficient (Wildman–Crippen LogP) is 3.09. The van der Waals surface area contributed by atoms with Crippen LogP contribution in [0.4, 0.5) is 0 Å². The molecule has 0 bridgehead atoms. The first-order chi connectivity index (χ1) is 15.5. The van der Waals surface area contributed by atoms with Crippen molar-refractivity contribution < 1.29 is 9.59 Å². The average molecular weight is 430 g/mol. The topological polar surface area (TPSA) is 79.3 Å². The molecule has 0 saturated carbocycles. The molecule has 2 amide bonds. The quantitative estimate of drug-likeness (QED) is 0.623. The second-order valence-electron chi connectivity index (χ2n) is 8.48. The molecular weight excluding hydrogens is 402 g/mol. The fourth-order valence-corrected chi connectivity index (χ4v) is 4.45. The number of benzene rings is 1. The van der Waals surface area contributed by atoms with Gasteiger partial charge in [-0.05, 0) is 48.1 Å². The standard InChI is InChI=1S/C25H27N5O2/c1-29(2)24(32)25(8-14-30(15-9-25)23(31)22-18-27-12-13-28-22)17-19-4-3-5-21(16-19)20-6-10-26-11-7-20/h3-7,10-13,16,18H,8-9,14-15,17H2,1-2H3. The minimum absolute atomic E-state index is 0.110. The van der Waals surface area contributed by atoms with Gasteiger partial charge in [-0.3, -0.25) is 19.6 Å². The van der Waals surface area contributed by atoms with Crippen molar-refractivity contribution in [1.82, 2.24) is 24.8 Å². The molecule has 2 aromatic heterocycles. The molecule has 0 N–H and O–H groups in total. The highest BCUT2D eigenvalue weighted by atomic mass is 16.2. The first kappa shape index (κ1) is 21.6. The van der Waals surface area contributed by atoms with Gasteiger partial charge >= 0.3 is 0 Å². The van der Waals surface area contributed by atoms with Gasteiger partial charge in [-0.2, -0.15) is 0 Å². The number of likely N-dealkylation sites (tertiary alicyclic amines) is 1. The number of carbonyl (C=O) groups is 2. The number of amides is 2. The van der Waals surface area contributed by atoms with Gasteiger partial charge < -0.3 is 9.80 Å². The van der Waals surface area contributed by atoms with Gasteiger partial charge in [0.15, 0.2) is 0 Å². The van der Waals surface area contributed by atoms with Gasteiger partial charge in [0.2, 0.25) is 5.91 Å². The number of aromatic nitrogens is 3. The third-order valence-corrected chi connectivity index (χ3v) is 6.13. The number of nitrogens with zero attached hydrogens (tertiary/aromatic N) is 5. The molecule has 164 valence electrons. The smallest absolute Gasteiger partial charge is 0.274 e. The number of piperidine rings is 1. The van der Waals surface area contributed by atoms with Crippen LogP contribution in [0, 0.1) is 5.41 Å². The van der Waals surface area contributed by atoms with E-state index in [4.69, 9.17) is 0 Å². The van der Waals surface area contributed by atoms with Crippen LogP contribution in [0.2, 0.25) is 0 Å². The van der Waals surface area contributed by atoms with E-state index < -0.39 is 5.41 Å². The molecular formula is C25H27N5O2. The zero-order valence-corrected chi connectivity index (χ0v) is 18.4. The van der Waals surface area contributed by atoms with Crippen LogP contribution in [0.1, 0.15) is 28.9 Å². The molecule has 0 unspecified atom stereocenters. The summed E-state index contributed by atoms with van der Waals surface area (Å²) >= 11 is 0. The monoisotopic (exact) mass is 429 g/mol. The maximum absolute atomic E-state index is 13.3. The lowest BCUT2D eigenvalue weighted by Gasteiger charge is -2.42. The fourth-order valence-electron chi connectivity index (χ4n) is 4.45. The average Bonchev–Trinajstić information content (AvgIpc) is 2.85. The first-order valence-electron chi connectivity index (χ1n) is 10.7. The van der Waals surface area contributed by atoms with Gasteiger partial charge in [0.25, 0.3) is 5.91 Å². The van der Waals surface area contributed by atoms with Gasteiger partial charge in [-0.15, -0.1) is 0 Å². The van der Waals surface area contributed by atoms with Crippen LogP contribution in [0.25, 0.3) is 11.1 Å². The largest absolute Gasteiger partial charge is 0.348 e. The molecule has 0 radical (unpaired) electrons. The zero-order valence-electron chi connectivity index (χ0n) is 18.4. The number of hydrogen-bond acceptors (Lipinski definition) is 5. The number of carbonyl (C=O) groups excluding carboxylic acids is 2. The highest BCUT2D eigenvalue weighted by Crippen LogP contribution is 2.38. The zero-order chi connectivity index (χ0) is 22.6. The van der Waals surface area contributed by atoms with Gasteiger partial charge in [-0.25, -0.2) is 4.98 Å². The Kier molecular flexibility index (Phi) is 6.25. The van der Waals surface area contributed by atoms with Crippen molar-refractivity contribution in [3.63, 3.8) is 0 Å². The summed E-state index contributed by atoms with van der Waals surface area (Å²) in [7, 11) is 3.60. The third-order valence-electron chi connectivity index (χ3n) is 6.13. The minimum atomic E-state index is -0.542. The molecule has 32 heavy (non-hydrogen) atoms. The molecule has 0 spiro atoms. The van der Waals surface area contributed by atoms with Gasteiger partial charge in [0, 0.05) is 52.0 Å². The predicted molar refractivity (Wildman–Crippen MR) is 122 cm³/mol. The third kappa shape index (κ3) is 4.51. The summed E-state index contributed by atoms with van der Waals surface area (Å²) in [5, 5.41) is 0. The summed E-state index contributed by atoms with van der Waals surface area (Å²) in [5.74, 6) is -0.0258. The molecule has 0 aliphatic carbocycles. The van der Waals surface area contributed by atoms with Crippen molar-refractivity contribution in [3.05, 3.63) is 78.6 Å². The second-order valence-corrected chi connectivity index (χ2v) is 8.48. The number of pyridine rings is 1. The van der Waals surface area contributed by atoms with Crippen molar-refractivity contribution in [2.24, 2.45) is 5.41 Å². The maximum Gasteiger partial charge on any atom is 0.274 e. The second kappa shape index (κ2) is 9.26. The Bertz CT molecular complexity index is 1080. The van der Waals surface area contributed by atoms with Crippen LogP contribution in [0.15, 0.2) is 67.4 Å². The molecule has 1 aliphatic rings. The van der Waals surface area contributed by atoms with Crippen LogP contribution < -0.4 is 0 Å². The summed E-state index contributed by atoms with van der Waals surface area (Å²) in [6.45, 7) is 1.03. The van der Waals surface area contributed by atoms with E-state index in [9.17, 15) is 9.59 Å². The summed E-state index contributed by atoms with van der Waals surface area (Å²) in [6, 6.07) is 12.3. The summed E-state index contributed by atoms with van der Waals surface area (Å²) in [4.78, 5) is 41.8. The molecule has 4 rings (SSSR count). The molecule has 7 nitrogen and oxygen atoms in total. The van der Waals surface area contributed by atoms with E-state index in [2.05, 4.69) is 33.2 Å². The fraction of sp³-hybridized carbons (Fsp3) is 0.320. The highest BCUT2D eigenvalue weighted by molar-refractivity contribution is 5.92. The normalized spacial score (nSPS) is 15.2. The highest BCUT2D eigenvalue weighted by Gasteiger charge is 2.43. The molecule has 7 heteroatoms. The van der Waals surface area contributed by atoms with E-state index in [-0.39, 0.29) is 11.8 Å². The lowest BCUT2D eigenvalue weighted by Crippen LogP contribution is -2.51. The van der Waals surface area contributed by atoms with Crippen molar-refractivity contribution in [3.8, 4) is 11.1 Å². The molecule has 1 aliphatic heterocycles. The Morgan fingerprint density at radius 3 is 2.38 bits per heavy atom. The first-order valence-corrected chi connectivity index (χ1v) is 10.7.